The number of carbonyl (C=O) groups is 1. The molecule has 0 saturated carbocycles. The quantitative estimate of drug-likeness (QED) is 0.838. The van der Waals surface area contributed by atoms with Gasteiger partial charge in [0.1, 0.15) is 5.82 Å². The van der Waals surface area contributed by atoms with E-state index in [2.05, 4.69) is 15.1 Å². The van der Waals surface area contributed by atoms with Crippen LogP contribution in [0.25, 0.3) is 0 Å². The first-order valence-corrected chi connectivity index (χ1v) is 11.4. The van der Waals surface area contributed by atoms with Gasteiger partial charge >= 0.3 is 0 Å². The molecule has 1 atom stereocenters. The second-order valence-corrected chi connectivity index (χ2v) is 9.30. The Morgan fingerprint density at radius 2 is 2.00 bits per heavy atom. The summed E-state index contributed by atoms with van der Waals surface area (Å²) in [6.45, 7) is 4.48. The second-order valence-electron chi connectivity index (χ2n) is 9.30. The molecule has 3 saturated heterocycles. The summed E-state index contributed by atoms with van der Waals surface area (Å²) in [5.74, 6) is 2.20. The number of aromatic nitrogens is 2. The summed E-state index contributed by atoms with van der Waals surface area (Å²) in [6.07, 6.45) is 9.72. The number of ether oxygens (including phenoxy) is 1. The highest BCUT2D eigenvalue weighted by molar-refractivity contribution is 5.77. The van der Waals surface area contributed by atoms with E-state index in [9.17, 15) is 4.79 Å². The molecule has 1 aromatic rings. The number of fused-ring (bicyclic) bond motifs is 1. The van der Waals surface area contributed by atoms with Crippen molar-refractivity contribution in [2.75, 3.05) is 50.1 Å². The van der Waals surface area contributed by atoms with Gasteiger partial charge in [0.2, 0.25) is 11.9 Å². The molecule has 1 N–H and O–H groups in total. The van der Waals surface area contributed by atoms with Crippen molar-refractivity contribution >= 4 is 17.7 Å². The van der Waals surface area contributed by atoms with Crippen LogP contribution in [0.2, 0.25) is 0 Å². The first-order valence-electron chi connectivity index (χ1n) is 11.4. The van der Waals surface area contributed by atoms with Crippen molar-refractivity contribution in [1.82, 2.24) is 14.9 Å². The molecule has 4 heterocycles. The van der Waals surface area contributed by atoms with Gasteiger partial charge in [0, 0.05) is 51.8 Å². The molecule has 0 radical (unpaired) electrons. The first-order chi connectivity index (χ1) is 14.2. The summed E-state index contributed by atoms with van der Waals surface area (Å²) in [6, 6.07) is 0. The van der Waals surface area contributed by atoms with Crippen LogP contribution in [0.4, 0.5) is 11.8 Å². The fraction of sp³-hybridized carbons (Fsp3) is 0.773. The summed E-state index contributed by atoms with van der Waals surface area (Å²) in [7, 11) is 1.96. The van der Waals surface area contributed by atoms with Crippen LogP contribution in [0.3, 0.4) is 0 Å². The Hall–Kier alpha value is -1.89. The molecule has 4 aliphatic rings. The van der Waals surface area contributed by atoms with Gasteiger partial charge in [-0.15, -0.1) is 0 Å². The lowest BCUT2D eigenvalue weighted by molar-refractivity contribution is -0.140. The maximum atomic E-state index is 12.5. The highest BCUT2D eigenvalue weighted by Crippen LogP contribution is 2.41. The van der Waals surface area contributed by atoms with Gasteiger partial charge in [-0.1, -0.05) is 0 Å². The standard InChI is InChI=1S/C22H33N5O2/c1-23-20-17-5-2-6-18(17)24-21(25-20)26-11-9-22(10-12-26)8-7-19(28)27(15-22)14-16-4-3-13-29-16/h16H,2-15H2,1H3,(H,23,24,25). The molecule has 1 spiro atoms. The molecule has 1 aromatic heterocycles. The number of nitrogens with one attached hydrogen (secondary N) is 1. The highest BCUT2D eigenvalue weighted by Gasteiger charge is 2.42. The van der Waals surface area contributed by atoms with Crippen molar-refractivity contribution in [3.63, 3.8) is 0 Å². The smallest absolute Gasteiger partial charge is 0.227 e. The second kappa shape index (κ2) is 7.74. The zero-order valence-corrected chi connectivity index (χ0v) is 17.6. The van der Waals surface area contributed by atoms with Gasteiger partial charge in [-0.3, -0.25) is 4.79 Å². The molecule has 7 nitrogen and oxygen atoms in total. The lowest BCUT2D eigenvalue weighted by Crippen LogP contribution is -2.53. The molecule has 29 heavy (non-hydrogen) atoms. The summed E-state index contributed by atoms with van der Waals surface area (Å²) < 4.78 is 5.79. The molecule has 1 unspecified atom stereocenters. The van der Waals surface area contributed by atoms with Gasteiger partial charge in [0.15, 0.2) is 0 Å². The average Bonchev–Trinajstić information content (AvgIpc) is 3.42. The van der Waals surface area contributed by atoms with Crippen LogP contribution in [0, 0.1) is 5.41 Å². The Labute approximate surface area is 173 Å². The fourth-order valence-electron chi connectivity index (χ4n) is 5.66. The Bertz CT molecular complexity index is 769. The topological polar surface area (TPSA) is 70.6 Å². The van der Waals surface area contributed by atoms with Crippen molar-refractivity contribution in [2.45, 2.75) is 63.9 Å². The number of nitrogens with zero attached hydrogens (tertiary/aromatic N) is 4. The van der Waals surface area contributed by atoms with E-state index in [-0.39, 0.29) is 11.5 Å². The van der Waals surface area contributed by atoms with Gasteiger partial charge in [-0.05, 0) is 56.8 Å². The predicted molar refractivity (Wildman–Crippen MR) is 112 cm³/mol. The van der Waals surface area contributed by atoms with Crippen molar-refractivity contribution in [3.05, 3.63) is 11.3 Å². The van der Waals surface area contributed by atoms with Gasteiger partial charge in [-0.25, -0.2) is 4.98 Å². The predicted octanol–water partition coefficient (Wildman–Crippen LogP) is 2.40. The third-order valence-electron chi connectivity index (χ3n) is 7.46. The summed E-state index contributed by atoms with van der Waals surface area (Å²) >= 11 is 0. The minimum Gasteiger partial charge on any atom is -0.376 e. The molecule has 3 fully saturated rings. The van der Waals surface area contributed by atoms with Crippen LogP contribution in [-0.4, -0.2) is 66.7 Å². The van der Waals surface area contributed by atoms with Crippen LogP contribution < -0.4 is 10.2 Å². The number of likely N-dealkylation sites (tertiary alicyclic amines) is 1. The molecule has 158 valence electrons. The number of piperidine rings is 2. The molecule has 1 aliphatic carbocycles. The van der Waals surface area contributed by atoms with Crippen LogP contribution in [0.5, 0.6) is 0 Å². The van der Waals surface area contributed by atoms with Crippen molar-refractivity contribution in [2.24, 2.45) is 5.41 Å². The fourth-order valence-corrected chi connectivity index (χ4v) is 5.66. The normalized spacial score (nSPS) is 26.2. The number of rotatable bonds is 4. The maximum Gasteiger partial charge on any atom is 0.227 e. The van der Waals surface area contributed by atoms with E-state index in [1.807, 2.05) is 7.05 Å². The number of amides is 1. The molecule has 0 aromatic carbocycles. The van der Waals surface area contributed by atoms with Crippen LogP contribution in [-0.2, 0) is 22.4 Å². The third kappa shape index (κ3) is 3.69. The first kappa shape index (κ1) is 19.1. The minimum atomic E-state index is 0.244. The minimum absolute atomic E-state index is 0.244. The van der Waals surface area contributed by atoms with E-state index < -0.39 is 0 Å². The summed E-state index contributed by atoms with van der Waals surface area (Å²) in [5.41, 5.74) is 2.79. The Kier molecular flexibility index (Phi) is 5.10. The van der Waals surface area contributed by atoms with E-state index in [1.54, 1.807) is 0 Å². The van der Waals surface area contributed by atoms with Crippen LogP contribution >= 0.6 is 0 Å². The lowest BCUT2D eigenvalue weighted by Gasteiger charge is -2.47. The molecule has 5 rings (SSSR count). The number of carbonyl (C=O) groups excluding carboxylic acids is 1. The van der Waals surface area contributed by atoms with Gasteiger partial charge in [0.05, 0.1) is 11.8 Å². The van der Waals surface area contributed by atoms with Crippen molar-refractivity contribution < 1.29 is 9.53 Å². The Balaban J connectivity index is 1.25. The monoisotopic (exact) mass is 399 g/mol. The molecule has 3 aliphatic heterocycles. The third-order valence-corrected chi connectivity index (χ3v) is 7.46. The summed E-state index contributed by atoms with van der Waals surface area (Å²) in [4.78, 5) is 26.7. The number of hydrogen-bond donors (Lipinski definition) is 1. The molecule has 0 bridgehead atoms. The number of hydrogen-bond acceptors (Lipinski definition) is 6. The molecular weight excluding hydrogens is 366 g/mol. The SMILES string of the molecule is CNc1nc(N2CCC3(CCC(=O)N(CC4CCCO4)C3)CC2)nc2c1CCC2. The Morgan fingerprint density at radius 1 is 1.14 bits per heavy atom. The number of anilines is 2. The van der Waals surface area contributed by atoms with Gasteiger partial charge in [-0.2, -0.15) is 4.98 Å². The zero-order valence-electron chi connectivity index (χ0n) is 17.6. The van der Waals surface area contributed by atoms with E-state index in [0.717, 1.165) is 89.5 Å². The van der Waals surface area contributed by atoms with Crippen molar-refractivity contribution in [1.29, 1.82) is 0 Å². The number of aryl methyl sites for hydroxylation is 1. The molecular formula is C22H33N5O2. The highest BCUT2D eigenvalue weighted by atomic mass is 16.5. The van der Waals surface area contributed by atoms with E-state index in [1.165, 1.54) is 17.7 Å². The van der Waals surface area contributed by atoms with E-state index in [4.69, 9.17) is 14.7 Å². The maximum absolute atomic E-state index is 12.5. The van der Waals surface area contributed by atoms with E-state index in [0.29, 0.717) is 12.3 Å². The van der Waals surface area contributed by atoms with Crippen molar-refractivity contribution in [3.8, 4) is 0 Å². The summed E-state index contributed by atoms with van der Waals surface area (Å²) in [5, 5.41) is 3.27. The van der Waals surface area contributed by atoms with Crippen LogP contribution in [0.1, 0.15) is 56.2 Å². The van der Waals surface area contributed by atoms with Crippen LogP contribution in [0.15, 0.2) is 0 Å². The zero-order chi connectivity index (χ0) is 19.8. The molecule has 1 amide bonds. The van der Waals surface area contributed by atoms with E-state index >= 15 is 0 Å². The largest absolute Gasteiger partial charge is 0.376 e. The van der Waals surface area contributed by atoms with Gasteiger partial charge < -0.3 is 19.9 Å². The lowest BCUT2D eigenvalue weighted by atomic mass is 9.72. The van der Waals surface area contributed by atoms with Gasteiger partial charge in [0.25, 0.3) is 0 Å². The molecule has 7 heteroatoms. The Morgan fingerprint density at radius 3 is 2.76 bits per heavy atom. The average molecular weight is 400 g/mol.